The third-order valence-electron chi connectivity index (χ3n) is 3.75. The number of nitrogens with zero attached hydrogens (tertiary/aromatic N) is 3. The lowest BCUT2D eigenvalue weighted by molar-refractivity contribution is 0.526. The van der Waals surface area contributed by atoms with Crippen molar-refractivity contribution >= 4 is 0 Å². The van der Waals surface area contributed by atoms with E-state index < -0.39 is 0 Å². The SMILES string of the molecule is CCCn1ncnc1CC(CNCC)c1ccc(C)cc1. The minimum absolute atomic E-state index is 0.436. The van der Waals surface area contributed by atoms with Gasteiger partial charge in [-0.2, -0.15) is 5.10 Å². The Balaban J connectivity index is 2.15. The first-order valence-electron chi connectivity index (χ1n) is 7.88. The predicted molar refractivity (Wildman–Crippen MR) is 86.5 cm³/mol. The van der Waals surface area contributed by atoms with Gasteiger partial charge in [0.2, 0.25) is 0 Å². The van der Waals surface area contributed by atoms with E-state index in [4.69, 9.17) is 0 Å². The van der Waals surface area contributed by atoms with Crippen LogP contribution in [-0.2, 0) is 13.0 Å². The van der Waals surface area contributed by atoms with Gasteiger partial charge in [-0.05, 0) is 25.5 Å². The number of hydrogen-bond acceptors (Lipinski definition) is 3. The van der Waals surface area contributed by atoms with E-state index in [1.54, 1.807) is 6.33 Å². The lowest BCUT2D eigenvalue weighted by Crippen LogP contribution is -2.24. The van der Waals surface area contributed by atoms with Gasteiger partial charge in [0, 0.05) is 25.4 Å². The molecule has 0 aliphatic rings. The molecule has 114 valence electrons. The quantitative estimate of drug-likeness (QED) is 0.811. The summed E-state index contributed by atoms with van der Waals surface area (Å²) in [6.45, 7) is 9.34. The maximum Gasteiger partial charge on any atom is 0.138 e. The Kier molecular flexibility index (Phi) is 5.93. The van der Waals surface area contributed by atoms with E-state index in [9.17, 15) is 0 Å². The Morgan fingerprint density at radius 1 is 1.19 bits per heavy atom. The lowest BCUT2D eigenvalue weighted by atomic mass is 9.94. The largest absolute Gasteiger partial charge is 0.316 e. The van der Waals surface area contributed by atoms with Gasteiger partial charge in [-0.25, -0.2) is 4.98 Å². The molecule has 0 spiro atoms. The molecule has 1 aromatic carbocycles. The average Bonchev–Trinajstić information content (AvgIpc) is 2.92. The molecular weight excluding hydrogens is 260 g/mol. The summed E-state index contributed by atoms with van der Waals surface area (Å²) in [5.74, 6) is 1.52. The molecule has 1 unspecified atom stereocenters. The maximum atomic E-state index is 4.45. The Labute approximate surface area is 127 Å². The van der Waals surface area contributed by atoms with Gasteiger partial charge in [-0.1, -0.05) is 43.7 Å². The van der Waals surface area contributed by atoms with E-state index in [1.165, 1.54) is 11.1 Å². The van der Waals surface area contributed by atoms with Crippen molar-refractivity contribution in [3.8, 4) is 0 Å². The summed E-state index contributed by atoms with van der Waals surface area (Å²) in [6, 6.07) is 8.84. The molecule has 0 radical (unpaired) electrons. The zero-order valence-electron chi connectivity index (χ0n) is 13.3. The van der Waals surface area contributed by atoms with Crippen LogP contribution >= 0.6 is 0 Å². The van der Waals surface area contributed by atoms with Crippen LogP contribution in [0.1, 0.15) is 43.1 Å². The fraction of sp³-hybridized carbons (Fsp3) is 0.529. The van der Waals surface area contributed by atoms with Gasteiger partial charge >= 0.3 is 0 Å². The molecule has 0 aliphatic heterocycles. The molecule has 0 saturated heterocycles. The standard InChI is InChI=1S/C17H26N4/c1-4-10-21-17(19-13-20-21)11-16(12-18-5-2)15-8-6-14(3)7-9-15/h6-9,13,16,18H,4-5,10-12H2,1-3H3. The van der Waals surface area contributed by atoms with Crippen LogP contribution in [0.5, 0.6) is 0 Å². The van der Waals surface area contributed by atoms with Crippen LogP contribution in [0.3, 0.4) is 0 Å². The molecule has 0 bridgehead atoms. The maximum absolute atomic E-state index is 4.45. The highest BCUT2D eigenvalue weighted by molar-refractivity contribution is 5.25. The molecule has 1 aromatic heterocycles. The Hall–Kier alpha value is -1.68. The molecule has 4 heteroatoms. The highest BCUT2D eigenvalue weighted by Crippen LogP contribution is 2.20. The van der Waals surface area contributed by atoms with E-state index in [0.29, 0.717) is 5.92 Å². The molecule has 4 nitrogen and oxygen atoms in total. The van der Waals surface area contributed by atoms with Crippen LogP contribution < -0.4 is 5.32 Å². The third kappa shape index (κ3) is 4.39. The number of aryl methyl sites for hydroxylation is 2. The molecule has 1 atom stereocenters. The van der Waals surface area contributed by atoms with Crippen LogP contribution in [0.25, 0.3) is 0 Å². The second-order valence-corrected chi connectivity index (χ2v) is 5.52. The lowest BCUT2D eigenvalue weighted by Gasteiger charge is -2.18. The topological polar surface area (TPSA) is 42.7 Å². The van der Waals surface area contributed by atoms with Crippen molar-refractivity contribution in [1.29, 1.82) is 0 Å². The van der Waals surface area contributed by atoms with Gasteiger partial charge in [0.05, 0.1) is 0 Å². The predicted octanol–water partition coefficient (Wildman–Crippen LogP) is 2.93. The molecular formula is C17H26N4. The zero-order chi connectivity index (χ0) is 15.1. The van der Waals surface area contributed by atoms with Gasteiger partial charge in [-0.3, -0.25) is 4.68 Å². The van der Waals surface area contributed by atoms with E-state index in [0.717, 1.165) is 38.3 Å². The van der Waals surface area contributed by atoms with Crippen LogP contribution in [0.15, 0.2) is 30.6 Å². The van der Waals surface area contributed by atoms with Crippen molar-refractivity contribution in [2.45, 2.75) is 46.1 Å². The Bertz CT molecular complexity index is 530. The normalized spacial score (nSPS) is 12.5. The highest BCUT2D eigenvalue weighted by atomic mass is 15.3. The first kappa shape index (κ1) is 15.7. The zero-order valence-corrected chi connectivity index (χ0v) is 13.3. The Morgan fingerprint density at radius 2 is 1.95 bits per heavy atom. The molecule has 21 heavy (non-hydrogen) atoms. The van der Waals surface area contributed by atoms with Crippen LogP contribution in [-0.4, -0.2) is 27.9 Å². The van der Waals surface area contributed by atoms with E-state index in [2.05, 4.69) is 60.4 Å². The van der Waals surface area contributed by atoms with Gasteiger partial charge in [0.15, 0.2) is 0 Å². The summed E-state index contributed by atoms with van der Waals surface area (Å²) >= 11 is 0. The van der Waals surface area contributed by atoms with Crippen molar-refractivity contribution in [3.05, 3.63) is 47.5 Å². The van der Waals surface area contributed by atoms with Crippen molar-refractivity contribution in [2.24, 2.45) is 0 Å². The van der Waals surface area contributed by atoms with E-state index in [-0.39, 0.29) is 0 Å². The van der Waals surface area contributed by atoms with Gasteiger partial charge in [0.25, 0.3) is 0 Å². The summed E-state index contributed by atoms with van der Waals surface area (Å²) < 4.78 is 2.03. The van der Waals surface area contributed by atoms with E-state index >= 15 is 0 Å². The number of nitrogens with one attached hydrogen (secondary N) is 1. The first-order chi connectivity index (χ1) is 10.2. The number of hydrogen-bond donors (Lipinski definition) is 1. The van der Waals surface area contributed by atoms with Crippen molar-refractivity contribution in [3.63, 3.8) is 0 Å². The number of aromatic nitrogens is 3. The van der Waals surface area contributed by atoms with Crippen LogP contribution in [0.4, 0.5) is 0 Å². The molecule has 0 saturated carbocycles. The summed E-state index contributed by atoms with van der Waals surface area (Å²) in [7, 11) is 0. The van der Waals surface area contributed by atoms with Crippen molar-refractivity contribution in [2.75, 3.05) is 13.1 Å². The third-order valence-corrected chi connectivity index (χ3v) is 3.75. The average molecular weight is 286 g/mol. The fourth-order valence-corrected chi connectivity index (χ4v) is 2.53. The second kappa shape index (κ2) is 7.93. The fourth-order valence-electron chi connectivity index (χ4n) is 2.53. The molecule has 2 aromatic rings. The van der Waals surface area contributed by atoms with Gasteiger partial charge < -0.3 is 5.32 Å². The highest BCUT2D eigenvalue weighted by Gasteiger charge is 2.15. The Morgan fingerprint density at radius 3 is 2.62 bits per heavy atom. The van der Waals surface area contributed by atoms with Crippen molar-refractivity contribution in [1.82, 2.24) is 20.1 Å². The molecule has 0 amide bonds. The summed E-state index contributed by atoms with van der Waals surface area (Å²) in [6.07, 6.45) is 3.68. The molecule has 1 heterocycles. The summed E-state index contributed by atoms with van der Waals surface area (Å²) in [5.41, 5.74) is 2.67. The van der Waals surface area contributed by atoms with Gasteiger partial charge in [-0.15, -0.1) is 0 Å². The van der Waals surface area contributed by atoms with Gasteiger partial charge in [0.1, 0.15) is 12.2 Å². The number of benzene rings is 1. The molecule has 0 aliphatic carbocycles. The second-order valence-electron chi connectivity index (χ2n) is 5.52. The van der Waals surface area contributed by atoms with Crippen LogP contribution in [0, 0.1) is 6.92 Å². The molecule has 0 fully saturated rings. The molecule has 1 N–H and O–H groups in total. The number of likely N-dealkylation sites (N-methyl/N-ethyl adjacent to an activating group) is 1. The van der Waals surface area contributed by atoms with Crippen LogP contribution in [0.2, 0.25) is 0 Å². The minimum atomic E-state index is 0.436. The van der Waals surface area contributed by atoms with Crippen molar-refractivity contribution < 1.29 is 0 Å². The molecule has 2 rings (SSSR count). The summed E-state index contributed by atoms with van der Waals surface area (Å²) in [5, 5.41) is 7.80. The summed E-state index contributed by atoms with van der Waals surface area (Å²) in [4.78, 5) is 4.45. The monoisotopic (exact) mass is 286 g/mol. The first-order valence-corrected chi connectivity index (χ1v) is 7.88. The number of rotatable bonds is 8. The smallest absolute Gasteiger partial charge is 0.138 e. The minimum Gasteiger partial charge on any atom is -0.316 e. The van der Waals surface area contributed by atoms with E-state index in [1.807, 2.05) is 4.68 Å².